The maximum atomic E-state index is 12.1. The van der Waals surface area contributed by atoms with Crippen LogP contribution in [0, 0.1) is 0 Å². The summed E-state index contributed by atoms with van der Waals surface area (Å²) in [4.78, 5) is 34.6. The van der Waals surface area contributed by atoms with Crippen molar-refractivity contribution in [2.75, 3.05) is 0 Å². The van der Waals surface area contributed by atoms with Crippen LogP contribution < -0.4 is 4.74 Å². The first-order chi connectivity index (χ1) is 11.5. The number of esters is 3. The van der Waals surface area contributed by atoms with Crippen LogP contribution in [0.4, 0.5) is 0 Å². The molecule has 0 spiro atoms. The van der Waals surface area contributed by atoms with Crippen molar-refractivity contribution in [3.8, 4) is 5.75 Å². The Balaban J connectivity index is 2.98. The molecule has 6 heteroatoms. The second kappa shape index (κ2) is 8.46. The largest absolute Gasteiger partial charge is 0.457 e. The van der Waals surface area contributed by atoms with E-state index in [4.69, 9.17) is 14.2 Å². The molecule has 0 fully saturated rings. The highest BCUT2D eigenvalue weighted by molar-refractivity contribution is 5.88. The van der Waals surface area contributed by atoms with Crippen molar-refractivity contribution in [2.45, 2.75) is 52.7 Å². The molecule has 1 unspecified atom stereocenters. The lowest BCUT2D eigenvalue weighted by molar-refractivity contribution is -0.152. The molecule has 0 saturated heterocycles. The topological polar surface area (TPSA) is 78.9 Å². The van der Waals surface area contributed by atoms with E-state index in [2.05, 4.69) is 6.58 Å². The standard InChI is InChI=1S/C19H24O6/c1-12(18(22)25-19(4,5)6)10-17(24-14(3)21)15-8-7-9-16(11-15)23-13(2)20/h7-9,11,17H,1,10H2,2-6H3. The monoisotopic (exact) mass is 348 g/mol. The number of rotatable bonds is 6. The number of carbonyl (C=O) groups excluding carboxylic acids is 3. The third-order valence-corrected chi connectivity index (χ3v) is 2.92. The molecule has 0 aromatic heterocycles. The predicted octanol–water partition coefficient (Wildman–Crippen LogP) is 3.50. The fourth-order valence-electron chi connectivity index (χ4n) is 2.03. The van der Waals surface area contributed by atoms with Crippen LogP contribution >= 0.6 is 0 Å². The molecule has 1 aromatic carbocycles. The fourth-order valence-corrected chi connectivity index (χ4v) is 2.03. The molecular formula is C19H24O6. The Kier molecular flexibility index (Phi) is 6.91. The van der Waals surface area contributed by atoms with Crippen LogP contribution in [0.3, 0.4) is 0 Å². The first kappa shape index (κ1) is 20.4. The summed E-state index contributed by atoms with van der Waals surface area (Å²) in [5.41, 5.74) is 0.115. The van der Waals surface area contributed by atoms with Gasteiger partial charge in [0.05, 0.1) is 0 Å². The molecule has 0 aliphatic rings. The Bertz CT molecular complexity index is 669. The van der Waals surface area contributed by atoms with Gasteiger partial charge in [-0.3, -0.25) is 9.59 Å². The summed E-state index contributed by atoms with van der Waals surface area (Å²) < 4.78 is 15.6. The van der Waals surface area contributed by atoms with Gasteiger partial charge in [0, 0.05) is 25.8 Å². The fraction of sp³-hybridized carbons (Fsp3) is 0.421. The summed E-state index contributed by atoms with van der Waals surface area (Å²) >= 11 is 0. The second-order valence-electron chi connectivity index (χ2n) is 6.57. The van der Waals surface area contributed by atoms with Gasteiger partial charge in [-0.25, -0.2) is 4.79 Å². The van der Waals surface area contributed by atoms with Gasteiger partial charge >= 0.3 is 17.9 Å². The Hall–Kier alpha value is -2.63. The number of hydrogen-bond donors (Lipinski definition) is 0. The van der Waals surface area contributed by atoms with Gasteiger partial charge in [0.2, 0.25) is 0 Å². The van der Waals surface area contributed by atoms with Gasteiger partial charge in [0.1, 0.15) is 17.5 Å². The summed E-state index contributed by atoms with van der Waals surface area (Å²) in [5, 5.41) is 0. The van der Waals surface area contributed by atoms with E-state index >= 15 is 0 Å². The van der Waals surface area contributed by atoms with Crippen LogP contribution in [0.25, 0.3) is 0 Å². The summed E-state index contributed by atoms with van der Waals surface area (Å²) in [6.07, 6.45) is -0.675. The van der Waals surface area contributed by atoms with Crippen LogP contribution in [0.1, 0.15) is 52.7 Å². The molecule has 25 heavy (non-hydrogen) atoms. The lowest BCUT2D eigenvalue weighted by atomic mass is 10.0. The third-order valence-electron chi connectivity index (χ3n) is 2.92. The van der Waals surface area contributed by atoms with Gasteiger partial charge in [0.25, 0.3) is 0 Å². The van der Waals surface area contributed by atoms with Gasteiger partial charge < -0.3 is 14.2 Å². The zero-order chi connectivity index (χ0) is 19.2. The molecule has 0 saturated carbocycles. The molecule has 0 radical (unpaired) electrons. The smallest absolute Gasteiger partial charge is 0.334 e. The quantitative estimate of drug-likeness (QED) is 0.445. The average molecular weight is 348 g/mol. The first-order valence-corrected chi connectivity index (χ1v) is 7.84. The van der Waals surface area contributed by atoms with Crippen molar-refractivity contribution in [2.24, 2.45) is 0 Å². The van der Waals surface area contributed by atoms with E-state index in [1.54, 1.807) is 45.0 Å². The van der Waals surface area contributed by atoms with Crippen molar-refractivity contribution in [3.63, 3.8) is 0 Å². The molecule has 0 N–H and O–H groups in total. The number of carbonyl (C=O) groups is 3. The van der Waals surface area contributed by atoms with Gasteiger partial charge in [-0.2, -0.15) is 0 Å². The zero-order valence-electron chi connectivity index (χ0n) is 15.3. The van der Waals surface area contributed by atoms with E-state index in [9.17, 15) is 14.4 Å². The molecule has 136 valence electrons. The van der Waals surface area contributed by atoms with E-state index in [1.165, 1.54) is 13.8 Å². The summed E-state index contributed by atoms with van der Waals surface area (Å²) in [5.74, 6) is -1.19. The molecule has 1 atom stereocenters. The second-order valence-corrected chi connectivity index (χ2v) is 6.57. The number of hydrogen-bond acceptors (Lipinski definition) is 6. The Morgan fingerprint density at radius 2 is 1.76 bits per heavy atom. The summed E-state index contributed by atoms with van der Waals surface area (Å²) in [6.45, 7) is 11.6. The highest BCUT2D eigenvalue weighted by atomic mass is 16.6. The average Bonchev–Trinajstić information content (AvgIpc) is 2.43. The minimum absolute atomic E-state index is 0.0675. The van der Waals surface area contributed by atoms with E-state index in [1.807, 2.05) is 0 Å². The lowest BCUT2D eigenvalue weighted by Crippen LogP contribution is -2.25. The van der Waals surface area contributed by atoms with E-state index < -0.39 is 29.6 Å². The maximum absolute atomic E-state index is 12.1. The predicted molar refractivity (Wildman–Crippen MR) is 91.9 cm³/mol. The summed E-state index contributed by atoms with van der Waals surface area (Å²) in [6, 6.07) is 6.57. The molecule has 0 aliphatic heterocycles. The molecule has 6 nitrogen and oxygen atoms in total. The van der Waals surface area contributed by atoms with Crippen LogP contribution in [-0.2, 0) is 23.9 Å². The first-order valence-electron chi connectivity index (χ1n) is 7.84. The van der Waals surface area contributed by atoms with Crippen molar-refractivity contribution in [3.05, 3.63) is 42.0 Å². The molecule has 0 bridgehead atoms. The van der Waals surface area contributed by atoms with Gasteiger partial charge in [0.15, 0.2) is 0 Å². The number of ether oxygens (including phenoxy) is 3. The molecule has 0 amide bonds. The molecule has 1 rings (SSSR count). The third kappa shape index (κ3) is 7.65. The van der Waals surface area contributed by atoms with Crippen molar-refractivity contribution in [1.29, 1.82) is 0 Å². The molecular weight excluding hydrogens is 324 g/mol. The van der Waals surface area contributed by atoms with Crippen LogP contribution in [0.5, 0.6) is 5.75 Å². The molecule has 0 heterocycles. The van der Waals surface area contributed by atoms with Crippen LogP contribution in [-0.4, -0.2) is 23.5 Å². The van der Waals surface area contributed by atoms with Crippen LogP contribution in [0.2, 0.25) is 0 Å². The zero-order valence-corrected chi connectivity index (χ0v) is 15.3. The molecule has 1 aromatic rings. The highest BCUT2D eigenvalue weighted by Gasteiger charge is 2.24. The Morgan fingerprint density at radius 1 is 1.12 bits per heavy atom. The van der Waals surface area contributed by atoms with E-state index in [0.717, 1.165) is 0 Å². The van der Waals surface area contributed by atoms with Gasteiger partial charge in [-0.1, -0.05) is 18.7 Å². The van der Waals surface area contributed by atoms with Gasteiger partial charge in [-0.15, -0.1) is 0 Å². The van der Waals surface area contributed by atoms with E-state index in [-0.39, 0.29) is 12.0 Å². The highest BCUT2D eigenvalue weighted by Crippen LogP contribution is 2.28. The maximum Gasteiger partial charge on any atom is 0.334 e. The van der Waals surface area contributed by atoms with E-state index in [0.29, 0.717) is 11.3 Å². The normalized spacial score (nSPS) is 12.0. The van der Waals surface area contributed by atoms with Crippen molar-refractivity contribution < 1.29 is 28.6 Å². The van der Waals surface area contributed by atoms with Crippen molar-refractivity contribution in [1.82, 2.24) is 0 Å². The van der Waals surface area contributed by atoms with Gasteiger partial charge in [-0.05, 0) is 38.5 Å². The van der Waals surface area contributed by atoms with Crippen molar-refractivity contribution >= 4 is 17.9 Å². The SMILES string of the molecule is C=C(CC(OC(C)=O)c1cccc(OC(C)=O)c1)C(=O)OC(C)(C)C. The molecule has 0 aliphatic carbocycles. The lowest BCUT2D eigenvalue weighted by Gasteiger charge is -2.22. The number of benzene rings is 1. The summed E-state index contributed by atoms with van der Waals surface area (Å²) in [7, 11) is 0. The minimum atomic E-state index is -0.743. The minimum Gasteiger partial charge on any atom is -0.457 e. The van der Waals surface area contributed by atoms with Crippen LogP contribution in [0.15, 0.2) is 36.4 Å². The Morgan fingerprint density at radius 3 is 2.28 bits per heavy atom. The Labute approximate surface area is 147 Å².